The summed E-state index contributed by atoms with van der Waals surface area (Å²) >= 11 is 0. The first kappa shape index (κ1) is 30.3. The van der Waals surface area contributed by atoms with Crippen molar-refractivity contribution in [1.29, 1.82) is 0 Å². The van der Waals surface area contributed by atoms with Gasteiger partial charge in [0.05, 0.1) is 24.6 Å². The number of halogens is 3. The number of sulfonamides is 1. The van der Waals surface area contributed by atoms with E-state index in [1.54, 1.807) is 31.2 Å². The van der Waals surface area contributed by atoms with Crippen LogP contribution in [0.4, 0.5) is 18.9 Å². The van der Waals surface area contributed by atoms with E-state index in [0.717, 1.165) is 44.1 Å². The molecular weight excluding hydrogens is 535 g/mol. The number of anilines is 1. The number of amides is 2. The molecular formula is C27H34F3N3O5S. The van der Waals surface area contributed by atoms with Gasteiger partial charge < -0.3 is 15.0 Å². The Balaban J connectivity index is 1.95. The average molecular weight is 570 g/mol. The van der Waals surface area contributed by atoms with Gasteiger partial charge in [0, 0.05) is 12.6 Å². The van der Waals surface area contributed by atoms with E-state index in [4.69, 9.17) is 4.74 Å². The number of ether oxygens (including phenoxy) is 1. The number of methoxy groups -OCH3 is 1. The fraction of sp³-hybridized carbons (Fsp3) is 0.481. The minimum Gasteiger partial charge on any atom is -0.497 e. The summed E-state index contributed by atoms with van der Waals surface area (Å²) in [6.45, 7) is 0.956. The van der Waals surface area contributed by atoms with E-state index in [1.165, 1.54) is 18.1 Å². The normalized spacial score (nSPS) is 15.0. The molecule has 3 rings (SSSR count). The summed E-state index contributed by atoms with van der Waals surface area (Å²) in [5, 5.41) is 3.00. The van der Waals surface area contributed by atoms with E-state index in [2.05, 4.69) is 5.32 Å². The highest BCUT2D eigenvalue weighted by Gasteiger charge is 2.35. The Morgan fingerprint density at radius 2 is 1.74 bits per heavy atom. The van der Waals surface area contributed by atoms with Gasteiger partial charge in [0.2, 0.25) is 21.8 Å². The molecule has 0 heterocycles. The van der Waals surface area contributed by atoms with Gasteiger partial charge in [-0.3, -0.25) is 13.9 Å². The smallest absolute Gasteiger partial charge is 0.416 e. The predicted molar refractivity (Wildman–Crippen MR) is 142 cm³/mol. The Kier molecular flexibility index (Phi) is 9.87. The fourth-order valence-electron chi connectivity index (χ4n) is 4.67. The van der Waals surface area contributed by atoms with Crippen molar-refractivity contribution in [3.05, 3.63) is 59.7 Å². The quantitative estimate of drug-likeness (QED) is 0.434. The van der Waals surface area contributed by atoms with Crippen molar-refractivity contribution in [3.63, 3.8) is 0 Å². The number of hydrogen-bond acceptors (Lipinski definition) is 5. The van der Waals surface area contributed by atoms with E-state index in [-0.39, 0.29) is 30.6 Å². The summed E-state index contributed by atoms with van der Waals surface area (Å²) in [4.78, 5) is 28.3. The van der Waals surface area contributed by atoms with Crippen LogP contribution in [0.3, 0.4) is 0 Å². The van der Waals surface area contributed by atoms with Crippen LogP contribution in [0.5, 0.6) is 5.75 Å². The van der Waals surface area contributed by atoms with Crippen LogP contribution in [0, 0.1) is 0 Å². The molecule has 1 fully saturated rings. The summed E-state index contributed by atoms with van der Waals surface area (Å²) in [6.07, 6.45) is 0.0433. The van der Waals surface area contributed by atoms with Crippen LogP contribution in [0.1, 0.15) is 50.2 Å². The van der Waals surface area contributed by atoms with Crippen LogP contribution in [0.15, 0.2) is 48.5 Å². The molecule has 39 heavy (non-hydrogen) atoms. The number of benzene rings is 2. The zero-order valence-electron chi connectivity index (χ0n) is 22.2. The van der Waals surface area contributed by atoms with Crippen LogP contribution in [-0.2, 0) is 32.3 Å². The zero-order chi connectivity index (χ0) is 28.8. The van der Waals surface area contributed by atoms with Gasteiger partial charge in [-0.2, -0.15) is 13.2 Å². The third-order valence-corrected chi connectivity index (χ3v) is 7.88. The highest BCUT2D eigenvalue weighted by Crippen LogP contribution is 2.32. The average Bonchev–Trinajstić information content (AvgIpc) is 3.39. The molecule has 0 aliphatic heterocycles. The molecule has 0 bridgehead atoms. The second-order valence-electron chi connectivity index (χ2n) is 9.60. The molecule has 1 aliphatic rings. The molecule has 2 aromatic rings. The summed E-state index contributed by atoms with van der Waals surface area (Å²) in [7, 11) is -2.65. The van der Waals surface area contributed by atoms with Gasteiger partial charge in [-0.15, -0.1) is 0 Å². The first-order valence-electron chi connectivity index (χ1n) is 12.7. The van der Waals surface area contributed by atoms with Crippen molar-refractivity contribution in [2.24, 2.45) is 0 Å². The number of rotatable bonds is 11. The lowest BCUT2D eigenvalue weighted by molar-refractivity contribution is -0.140. The maximum atomic E-state index is 13.7. The Bertz CT molecular complexity index is 1250. The standard InChI is InChI=1S/C27H34F3N3O5S/c1-4-24(26(35)31-21-9-5-6-10-21)32(17-19-12-14-23(38-2)15-13-19)25(34)18-33(39(3,36)37)22-11-7-8-20(16-22)27(28,29)30/h7-8,11-16,21,24H,4-6,9-10,17-18H2,1-3H3,(H,31,35)/t24-/m1/s1. The predicted octanol–water partition coefficient (Wildman–Crippen LogP) is 4.35. The summed E-state index contributed by atoms with van der Waals surface area (Å²) in [5.74, 6) is -0.478. The van der Waals surface area contributed by atoms with Crippen LogP contribution in [0.2, 0.25) is 0 Å². The van der Waals surface area contributed by atoms with Crippen molar-refractivity contribution in [1.82, 2.24) is 10.2 Å². The molecule has 1 atom stereocenters. The second-order valence-corrected chi connectivity index (χ2v) is 11.5. The van der Waals surface area contributed by atoms with Crippen LogP contribution in [-0.4, -0.2) is 57.1 Å². The SMILES string of the molecule is CC[C@H](C(=O)NC1CCCC1)N(Cc1ccc(OC)cc1)C(=O)CN(c1cccc(C(F)(F)F)c1)S(C)(=O)=O. The van der Waals surface area contributed by atoms with Crippen molar-refractivity contribution in [3.8, 4) is 5.75 Å². The van der Waals surface area contributed by atoms with Crippen molar-refractivity contribution >= 4 is 27.5 Å². The lowest BCUT2D eigenvalue weighted by Gasteiger charge is -2.33. The largest absolute Gasteiger partial charge is 0.497 e. The molecule has 0 radical (unpaired) electrons. The van der Waals surface area contributed by atoms with E-state index >= 15 is 0 Å². The van der Waals surface area contributed by atoms with Crippen LogP contribution < -0.4 is 14.4 Å². The van der Waals surface area contributed by atoms with Crippen LogP contribution >= 0.6 is 0 Å². The van der Waals surface area contributed by atoms with Crippen LogP contribution in [0.25, 0.3) is 0 Å². The van der Waals surface area contributed by atoms with Gasteiger partial charge in [0.1, 0.15) is 18.3 Å². The highest BCUT2D eigenvalue weighted by molar-refractivity contribution is 7.92. The summed E-state index contributed by atoms with van der Waals surface area (Å²) in [5.41, 5.74) is -0.673. The van der Waals surface area contributed by atoms with Gasteiger partial charge in [-0.05, 0) is 55.2 Å². The van der Waals surface area contributed by atoms with Crippen molar-refractivity contribution in [2.45, 2.75) is 63.8 Å². The third kappa shape index (κ3) is 8.11. The molecule has 2 aromatic carbocycles. The highest BCUT2D eigenvalue weighted by atomic mass is 32.2. The molecule has 0 aromatic heterocycles. The van der Waals surface area contributed by atoms with Gasteiger partial charge in [-0.25, -0.2) is 8.42 Å². The molecule has 0 saturated heterocycles. The fourth-order valence-corrected chi connectivity index (χ4v) is 5.51. The number of carbonyl (C=O) groups is 2. The lowest BCUT2D eigenvalue weighted by Crippen LogP contribution is -2.53. The molecule has 2 amide bonds. The Morgan fingerprint density at radius 1 is 1.10 bits per heavy atom. The maximum Gasteiger partial charge on any atom is 0.416 e. The van der Waals surface area contributed by atoms with E-state index in [1.807, 2.05) is 0 Å². The second kappa shape index (κ2) is 12.7. The number of hydrogen-bond donors (Lipinski definition) is 1. The van der Waals surface area contributed by atoms with Crippen molar-refractivity contribution in [2.75, 3.05) is 24.2 Å². The van der Waals surface area contributed by atoms with E-state index < -0.39 is 40.3 Å². The first-order valence-corrected chi connectivity index (χ1v) is 14.6. The first-order chi connectivity index (χ1) is 18.3. The Labute approximate surface area is 227 Å². The van der Waals surface area contributed by atoms with Gasteiger partial charge in [-0.1, -0.05) is 38.0 Å². The minimum atomic E-state index is -4.70. The number of carbonyl (C=O) groups excluding carboxylic acids is 2. The third-order valence-electron chi connectivity index (χ3n) is 6.74. The van der Waals surface area contributed by atoms with E-state index in [0.29, 0.717) is 21.7 Å². The minimum absolute atomic E-state index is 0.00196. The van der Waals surface area contributed by atoms with Crippen molar-refractivity contribution < 1.29 is 35.9 Å². The summed E-state index contributed by atoms with van der Waals surface area (Å²) in [6, 6.07) is 9.72. The molecule has 8 nitrogen and oxygen atoms in total. The zero-order valence-corrected chi connectivity index (χ0v) is 23.0. The molecule has 0 spiro atoms. The number of alkyl halides is 3. The molecule has 1 saturated carbocycles. The van der Waals surface area contributed by atoms with E-state index in [9.17, 15) is 31.2 Å². The van der Waals surface area contributed by atoms with Gasteiger partial charge in [0.25, 0.3) is 0 Å². The van der Waals surface area contributed by atoms with Gasteiger partial charge >= 0.3 is 6.18 Å². The molecule has 1 N–H and O–H groups in total. The summed E-state index contributed by atoms with van der Waals surface area (Å²) < 4.78 is 71.1. The molecule has 12 heteroatoms. The maximum absolute atomic E-state index is 13.7. The topological polar surface area (TPSA) is 96.0 Å². The monoisotopic (exact) mass is 569 g/mol. The lowest BCUT2D eigenvalue weighted by atomic mass is 10.1. The molecule has 1 aliphatic carbocycles. The Hall–Kier alpha value is -3.28. The molecule has 0 unspecified atom stereocenters. The van der Waals surface area contributed by atoms with Gasteiger partial charge in [0.15, 0.2) is 0 Å². The molecule has 214 valence electrons. The Morgan fingerprint density at radius 3 is 2.28 bits per heavy atom. The number of nitrogens with zero attached hydrogens (tertiary/aromatic N) is 2. The number of nitrogens with one attached hydrogen (secondary N) is 1.